The second-order valence-electron chi connectivity index (χ2n) is 6.04. The highest BCUT2D eigenvalue weighted by Crippen LogP contribution is 2.20. The van der Waals surface area contributed by atoms with Gasteiger partial charge in [-0.15, -0.1) is 0 Å². The average Bonchev–Trinajstić information content (AvgIpc) is 2.66. The quantitative estimate of drug-likeness (QED) is 0.583. The summed E-state index contributed by atoms with van der Waals surface area (Å²) in [6.07, 6.45) is 0. The molecule has 128 valence electrons. The fraction of sp³-hybridized carbons (Fsp3) is 0.182. The Morgan fingerprint density at radius 1 is 0.920 bits per heavy atom. The van der Waals surface area contributed by atoms with Gasteiger partial charge in [0.25, 0.3) is 0 Å². The van der Waals surface area contributed by atoms with Crippen molar-refractivity contribution >= 4 is 11.6 Å². The first-order valence-electron chi connectivity index (χ1n) is 8.46. The molecule has 0 saturated heterocycles. The van der Waals surface area contributed by atoms with Crippen LogP contribution in [0, 0.1) is 0 Å². The van der Waals surface area contributed by atoms with Crippen molar-refractivity contribution in [3.05, 3.63) is 101 Å². The van der Waals surface area contributed by atoms with Gasteiger partial charge in [0.2, 0.25) is 0 Å². The van der Waals surface area contributed by atoms with Crippen LogP contribution >= 0.6 is 11.6 Å². The molecule has 0 aliphatic carbocycles. The summed E-state index contributed by atoms with van der Waals surface area (Å²) >= 11 is 6.17. The van der Waals surface area contributed by atoms with Gasteiger partial charge in [-0.3, -0.25) is 0 Å². The summed E-state index contributed by atoms with van der Waals surface area (Å²) in [6, 6.07) is 26.7. The lowest BCUT2D eigenvalue weighted by molar-refractivity contribution is 0.306. The van der Waals surface area contributed by atoms with Gasteiger partial charge < -0.3 is 10.1 Å². The normalized spacial score (nSPS) is 11.9. The van der Waals surface area contributed by atoms with Crippen molar-refractivity contribution in [1.82, 2.24) is 5.32 Å². The highest BCUT2D eigenvalue weighted by Gasteiger charge is 2.05. The first-order valence-corrected chi connectivity index (χ1v) is 8.83. The first kappa shape index (κ1) is 17.5. The number of nitrogens with one attached hydrogen (secondary N) is 1. The number of ether oxygens (including phenoxy) is 1. The van der Waals surface area contributed by atoms with E-state index in [1.165, 1.54) is 11.1 Å². The summed E-state index contributed by atoms with van der Waals surface area (Å²) in [5, 5.41) is 4.28. The highest BCUT2D eigenvalue weighted by atomic mass is 35.5. The number of hydrogen-bond donors (Lipinski definition) is 1. The van der Waals surface area contributed by atoms with E-state index in [1.54, 1.807) is 0 Å². The third-order valence-corrected chi connectivity index (χ3v) is 4.53. The molecule has 0 bridgehead atoms. The third-order valence-electron chi connectivity index (χ3n) is 4.16. The minimum Gasteiger partial charge on any atom is -0.489 e. The zero-order valence-corrected chi connectivity index (χ0v) is 15.0. The van der Waals surface area contributed by atoms with Crippen LogP contribution in [-0.2, 0) is 13.2 Å². The Bertz CT molecular complexity index is 804. The molecule has 2 nitrogen and oxygen atoms in total. The second kappa shape index (κ2) is 8.70. The molecule has 0 aliphatic heterocycles. The number of rotatable bonds is 7. The van der Waals surface area contributed by atoms with Crippen molar-refractivity contribution in [1.29, 1.82) is 0 Å². The van der Waals surface area contributed by atoms with Crippen LogP contribution in [0.1, 0.15) is 29.7 Å². The van der Waals surface area contributed by atoms with Crippen LogP contribution < -0.4 is 10.1 Å². The molecule has 3 rings (SSSR count). The standard InChI is InChI=1S/C22H22ClNO/c1-17(19-9-3-2-4-10-19)24-15-18-8-7-12-21(14-18)25-16-20-11-5-6-13-22(20)23/h2-14,17,24H,15-16H2,1H3/t17-/m0/s1. The average molecular weight is 352 g/mol. The third kappa shape index (κ3) is 5.09. The van der Waals surface area contributed by atoms with Gasteiger partial charge in [0.05, 0.1) is 0 Å². The zero-order chi connectivity index (χ0) is 17.5. The molecule has 1 atom stereocenters. The molecule has 0 radical (unpaired) electrons. The molecule has 25 heavy (non-hydrogen) atoms. The van der Waals surface area contributed by atoms with Crippen molar-refractivity contribution in [2.75, 3.05) is 0 Å². The Kier molecular flexibility index (Phi) is 6.10. The lowest BCUT2D eigenvalue weighted by Gasteiger charge is -2.15. The van der Waals surface area contributed by atoms with E-state index in [1.807, 2.05) is 42.5 Å². The lowest BCUT2D eigenvalue weighted by Crippen LogP contribution is -2.17. The van der Waals surface area contributed by atoms with E-state index in [-0.39, 0.29) is 0 Å². The minimum atomic E-state index is 0.300. The van der Waals surface area contributed by atoms with Gasteiger partial charge in [0.15, 0.2) is 0 Å². The van der Waals surface area contributed by atoms with E-state index < -0.39 is 0 Å². The molecule has 3 aromatic rings. The Balaban J connectivity index is 1.57. The number of benzene rings is 3. The second-order valence-corrected chi connectivity index (χ2v) is 6.45. The fourth-order valence-corrected chi connectivity index (χ4v) is 2.84. The van der Waals surface area contributed by atoms with Gasteiger partial charge in [0.1, 0.15) is 12.4 Å². The molecule has 0 fully saturated rings. The zero-order valence-electron chi connectivity index (χ0n) is 14.3. The van der Waals surface area contributed by atoms with Gasteiger partial charge in [-0.05, 0) is 36.2 Å². The van der Waals surface area contributed by atoms with E-state index in [9.17, 15) is 0 Å². The lowest BCUT2D eigenvalue weighted by atomic mass is 10.1. The van der Waals surface area contributed by atoms with Crippen molar-refractivity contribution in [3.8, 4) is 5.75 Å². The number of halogens is 1. The monoisotopic (exact) mass is 351 g/mol. The molecule has 0 unspecified atom stereocenters. The van der Waals surface area contributed by atoms with Gasteiger partial charge in [-0.2, -0.15) is 0 Å². The Labute approximate surface area is 154 Å². The highest BCUT2D eigenvalue weighted by molar-refractivity contribution is 6.31. The van der Waals surface area contributed by atoms with Crippen LogP contribution in [0.15, 0.2) is 78.9 Å². The topological polar surface area (TPSA) is 21.3 Å². The maximum Gasteiger partial charge on any atom is 0.120 e. The minimum absolute atomic E-state index is 0.300. The van der Waals surface area contributed by atoms with Crippen LogP contribution in [0.5, 0.6) is 5.75 Å². The molecule has 0 heterocycles. The van der Waals surface area contributed by atoms with Crippen LogP contribution in [0.3, 0.4) is 0 Å². The van der Waals surface area contributed by atoms with Crippen molar-refractivity contribution < 1.29 is 4.74 Å². The summed E-state index contributed by atoms with van der Waals surface area (Å²) in [7, 11) is 0. The van der Waals surface area contributed by atoms with Gasteiger partial charge in [-0.1, -0.05) is 72.3 Å². The summed E-state index contributed by atoms with van der Waals surface area (Å²) in [5.74, 6) is 0.853. The summed E-state index contributed by atoms with van der Waals surface area (Å²) in [6.45, 7) is 3.43. The molecule has 3 heteroatoms. The van der Waals surface area contributed by atoms with Crippen LogP contribution in [0.4, 0.5) is 0 Å². The number of hydrogen-bond acceptors (Lipinski definition) is 2. The van der Waals surface area contributed by atoms with Crippen LogP contribution in [0.25, 0.3) is 0 Å². The fourth-order valence-electron chi connectivity index (χ4n) is 2.65. The van der Waals surface area contributed by atoms with E-state index in [2.05, 4.69) is 48.6 Å². The SMILES string of the molecule is C[C@H](NCc1cccc(OCc2ccccc2Cl)c1)c1ccccc1. The molecule has 0 spiro atoms. The molecule has 1 N–H and O–H groups in total. The van der Waals surface area contributed by atoms with Gasteiger partial charge in [0, 0.05) is 23.2 Å². The molecule has 0 amide bonds. The molecule has 0 aliphatic rings. The van der Waals surface area contributed by atoms with Crippen LogP contribution in [0.2, 0.25) is 5.02 Å². The van der Waals surface area contributed by atoms with Crippen molar-refractivity contribution in [2.45, 2.75) is 26.1 Å². The molecule has 0 saturated carbocycles. The summed E-state index contributed by atoms with van der Waals surface area (Å²) in [5.41, 5.74) is 3.47. The van der Waals surface area contributed by atoms with Gasteiger partial charge in [-0.25, -0.2) is 0 Å². The first-order chi connectivity index (χ1) is 12.2. The van der Waals surface area contributed by atoms with Crippen LogP contribution in [-0.4, -0.2) is 0 Å². The molecular formula is C22H22ClNO. The maximum absolute atomic E-state index is 6.17. The Hall–Kier alpha value is -2.29. The summed E-state index contributed by atoms with van der Waals surface area (Å²) < 4.78 is 5.89. The molecular weight excluding hydrogens is 330 g/mol. The van der Waals surface area contributed by atoms with Gasteiger partial charge >= 0.3 is 0 Å². The largest absolute Gasteiger partial charge is 0.489 e. The predicted molar refractivity (Wildman–Crippen MR) is 104 cm³/mol. The summed E-state index contributed by atoms with van der Waals surface area (Å²) in [4.78, 5) is 0. The van der Waals surface area contributed by atoms with E-state index >= 15 is 0 Å². The Morgan fingerprint density at radius 3 is 2.48 bits per heavy atom. The maximum atomic E-state index is 6.17. The van der Waals surface area contributed by atoms with Crippen molar-refractivity contribution in [3.63, 3.8) is 0 Å². The van der Waals surface area contributed by atoms with E-state index in [0.29, 0.717) is 12.6 Å². The van der Waals surface area contributed by atoms with E-state index in [0.717, 1.165) is 22.9 Å². The predicted octanol–water partition coefficient (Wildman–Crippen LogP) is 5.77. The smallest absolute Gasteiger partial charge is 0.120 e. The molecule has 3 aromatic carbocycles. The van der Waals surface area contributed by atoms with E-state index in [4.69, 9.17) is 16.3 Å². The molecule has 0 aromatic heterocycles. The van der Waals surface area contributed by atoms with Crippen molar-refractivity contribution in [2.24, 2.45) is 0 Å². The Morgan fingerprint density at radius 2 is 1.68 bits per heavy atom.